The molecule has 2 aliphatic rings. The zero-order valence-corrected chi connectivity index (χ0v) is 20.2. The van der Waals surface area contributed by atoms with Crippen molar-refractivity contribution in [2.24, 2.45) is 11.8 Å². The van der Waals surface area contributed by atoms with E-state index < -0.39 is 41.0 Å². The molecule has 2 rings (SSSR count). The fraction of sp³-hybridized carbons (Fsp3) is 0.636. The second-order valence-electron chi connectivity index (χ2n) is 7.74. The molecule has 0 N–H and O–H groups in total. The van der Waals surface area contributed by atoms with Crippen molar-refractivity contribution in [3.8, 4) is 0 Å². The first-order valence-electron chi connectivity index (χ1n) is 9.64. The van der Waals surface area contributed by atoms with Crippen LogP contribution < -0.4 is 0 Å². The standard InChI is InChI=1S/2C11H17.Sr/c2*1-5-6-11-7-8(2)9(3)10(11)4;/h2*8H,5-6H2,1-4H3;. The SMILES string of the molecule is CCCC1=[C]([Sr][C]2=C(CCC)C(C)=C(C)C2C)C(C)C(C)=C1C. The van der Waals surface area contributed by atoms with E-state index in [1.54, 1.807) is 33.4 Å². The molecule has 0 nitrogen and oxygen atoms in total. The van der Waals surface area contributed by atoms with E-state index in [4.69, 9.17) is 0 Å². The number of hydrogen-bond donors (Lipinski definition) is 0. The molecule has 0 saturated heterocycles. The molecule has 0 aromatic rings. The Bertz CT molecular complexity index is 556. The first-order valence-corrected chi connectivity index (χ1v) is 13.1. The van der Waals surface area contributed by atoms with Crippen LogP contribution in [0.2, 0.25) is 0 Å². The van der Waals surface area contributed by atoms with Gasteiger partial charge in [-0.2, -0.15) is 0 Å². The molecule has 0 aromatic carbocycles. The molecule has 0 aliphatic heterocycles. The van der Waals surface area contributed by atoms with Gasteiger partial charge in [0.05, 0.1) is 0 Å². The Morgan fingerprint density at radius 1 is 0.696 bits per heavy atom. The monoisotopic (exact) mass is 386 g/mol. The summed E-state index contributed by atoms with van der Waals surface area (Å²) in [5, 5.41) is 0. The molecule has 1 heteroatoms. The van der Waals surface area contributed by atoms with Gasteiger partial charge in [0, 0.05) is 0 Å². The quantitative estimate of drug-likeness (QED) is 0.442. The Morgan fingerprint density at radius 3 is 1.35 bits per heavy atom. The first-order chi connectivity index (χ1) is 10.8. The average molecular weight is 386 g/mol. The average Bonchev–Trinajstić information content (AvgIpc) is 2.85. The van der Waals surface area contributed by atoms with Crippen LogP contribution in [0.5, 0.6) is 0 Å². The van der Waals surface area contributed by atoms with E-state index in [2.05, 4.69) is 55.4 Å². The van der Waals surface area contributed by atoms with Crippen LogP contribution in [-0.2, 0) is 0 Å². The minimum atomic E-state index is -1.10. The minimum absolute atomic E-state index is 0.733. The van der Waals surface area contributed by atoms with Crippen molar-refractivity contribution >= 4 is 41.0 Å². The van der Waals surface area contributed by atoms with E-state index in [1.807, 2.05) is 1.09 Å². The Labute approximate surface area is 167 Å². The third-order valence-electron chi connectivity index (χ3n) is 6.59. The molecule has 0 amide bonds. The Balaban J connectivity index is 2.40. The van der Waals surface area contributed by atoms with Gasteiger partial charge in [0.25, 0.3) is 0 Å². The topological polar surface area (TPSA) is 0 Å². The maximum absolute atomic E-state index is 2.47. The molecule has 2 atom stereocenters. The summed E-state index contributed by atoms with van der Waals surface area (Å²) in [5.41, 5.74) is 10.1. The summed E-state index contributed by atoms with van der Waals surface area (Å²) in [5.74, 6) is 1.47. The van der Waals surface area contributed by atoms with Crippen molar-refractivity contribution in [2.75, 3.05) is 0 Å². The molecule has 0 spiro atoms. The Kier molecular flexibility index (Phi) is 7.06. The summed E-state index contributed by atoms with van der Waals surface area (Å²) in [6.45, 7) is 19.1. The zero-order chi connectivity index (χ0) is 17.3. The molecular formula is C22H34Sr. The van der Waals surface area contributed by atoms with Crippen molar-refractivity contribution in [1.82, 2.24) is 0 Å². The van der Waals surface area contributed by atoms with Crippen molar-refractivity contribution in [1.29, 1.82) is 0 Å². The van der Waals surface area contributed by atoms with E-state index in [1.165, 1.54) is 25.7 Å². The van der Waals surface area contributed by atoms with Gasteiger partial charge in [0.2, 0.25) is 0 Å². The third-order valence-corrected chi connectivity index (χ3v) is 13.6. The van der Waals surface area contributed by atoms with E-state index in [0.29, 0.717) is 0 Å². The van der Waals surface area contributed by atoms with Gasteiger partial charge in [-0.15, -0.1) is 0 Å². The normalized spacial score (nSPS) is 25.2. The second-order valence-corrected chi connectivity index (χ2v) is 12.4. The molecule has 0 radical (unpaired) electrons. The number of rotatable bonds is 6. The van der Waals surface area contributed by atoms with Crippen LogP contribution in [-0.4, -0.2) is 41.0 Å². The molecule has 2 aliphatic carbocycles. The van der Waals surface area contributed by atoms with Crippen molar-refractivity contribution in [2.45, 2.75) is 81.1 Å². The van der Waals surface area contributed by atoms with Crippen LogP contribution >= 0.6 is 0 Å². The van der Waals surface area contributed by atoms with E-state index in [0.717, 1.165) is 11.8 Å². The van der Waals surface area contributed by atoms with Gasteiger partial charge in [0.15, 0.2) is 0 Å². The van der Waals surface area contributed by atoms with Crippen molar-refractivity contribution in [3.63, 3.8) is 0 Å². The number of allylic oxidation sites excluding steroid dienone is 8. The van der Waals surface area contributed by atoms with Crippen LogP contribution in [0.15, 0.2) is 34.5 Å². The summed E-state index contributed by atoms with van der Waals surface area (Å²) >= 11 is -1.10. The van der Waals surface area contributed by atoms with Crippen molar-refractivity contribution < 1.29 is 0 Å². The van der Waals surface area contributed by atoms with Gasteiger partial charge in [0.1, 0.15) is 0 Å². The van der Waals surface area contributed by atoms with Gasteiger partial charge < -0.3 is 0 Å². The van der Waals surface area contributed by atoms with Gasteiger partial charge in [-0.05, 0) is 0 Å². The molecule has 124 valence electrons. The van der Waals surface area contributed by atoms with Gasteiger partial charge in [-0.3, -0.25) is 0 Å². The van der Waals surface area contributed by atoms with Crippen molar-refractivity contribution in [3.05, 3.63) is 34.5 Å². The predicted molar refractivity (Wildman–Crippen MR) is 105 cm³/mol. The Morgan fingerprint density at radius 2 is 1.04 bits per heavy atom. The van der Waals surface area contributed by atoms with Crippen LogP contribution in [0.1, 0.15) is 81.1 Å². The Hall–Kier alpha value is 0.441. The third kappa shape index (κ3) is 3.69. The van der Waals surface area contributed by atoms with Crippen LogP contribution in [0, 0.1) is 11.8 Å². The summed E-state index contributed by atoms with van der Waals surface area (Å²) in [6, 6.07) is 0. The molecular weight excluding hydrogens is 352 g/mol. The summed E-state index contributed by atoms with van der Waals surface area (Å²) < 4.78 is 3.86. The number of hydrogen-bond acceptors (Lipinski definition) is 0. The molecule has 0 heterocycles. The molecule has 2 unspecified atom stereocenters. The fourth-order valence-electron chi connectivity index (χ4n) is 4.57. The zero-order valence-electron chi connectivity index (χ0n) is 16.7. The molecule has 0 aromatic heterocycles. The summed E-state index contributed by atoms with van der Waals surface area (Å²) in [7, 11) is 0. The predicted octanol–water partition coefficient (Wildman–Crippen LogP) is 6.77. The van der Waals surface area contributed by atoms with Crippen LogP contribution in [0.4, 0.5) is 0 Å². The van der Waals surface area contributed by atoms with E-state index >= 15 is 0 Å². The molecule has 0 bridgehead atoms. The summed E-state index contributed by atoms with van der Waals surface area (Å²) in [4.78, 5) is 0. The summed E-state index contributed by atoms with van der Waals surface area (Å²) in [6.07, 6.45) is 5.18. The van der Waals surface area contributed by atoms with Gasteiger partial charge >= 0.3 is 168 Å². The van der Waals surface area contributed by atoms with E-state index in [-0.39, 0.29) is 0 Å². The molecule has 0 saturated carbocycles. The van der Waals surface area contributed by atoms with Crippen LogP contribution in [0.3, 0.4) is 0 Å². The molecule has 0 fully saturated rings. The fourth-order valence-corrected chi connectivity index (χ4v) is 11.8. The van der Waals surface area contributed by atoms with E-state index in [9.17, 15) is 0 Å². The molecule has 23 heavy (non-hydrogen) atoms. The van der Waals surface area contributed by atoms with Gasteiger partial charge in [-0.1, -0.05) is 0 Å². The second kappa shape index (κ2) is 8.21. The van der Waals surface area contributed by atoms with Gasteiger partial charge in [-0.25, -0.2) is 0 Å². The van der Waals surface area contributed by atoms with Crippen LogP contribution in [0.25, 0.3) is 0 Å². The maximum atomic E-state index is 2.47. The first kappa shape index (κ1) is 19.8.